The smallest absolute Gasteiger partial charge is 0.302 e. The number of aromatic amines is 3. The van der Waals surface area contributed by atoms with Gasteiger partial charge in [0.15, 0.2) is 0 Å². The van der Waals surface area contributed by atoms with Crippen LogP contribution in [0.2, 0.25) is 0 Å². The number of likely N-dealkylation sites (N-methyl/N-ethyl adjacent to an activating group) is 3. The molecule has 0 radical (unpaired) electrons. The van der Waals surface area contributed by atoms with E-state index in [0.29, 0.717) is 20.4 Å². The van der Waals surface area contributed by atoms with Gasteiger partial charge >= 0.3 is 17.7 Å². The predicted octanol–water partition coefficient (Wildman–Crippen LogP) is 5.58. The zero-order valence-electron chi connectivity index (χ0n) is 69.0. The summed E-state index contributed by atoms with van der Waals surface area (Å²) in [4.78, 5) is 81.8. The Kier molecular flexibility index (Phi) is 8.12. The molecule has 0 aliphatic carbocycles. The van der Waals surface area contributed by atoms with Gasteiger partial charge in [-0.3, -0.25) is 14.4 Å². The number of fused-ring (bicyclic) bond motifs is 3. The van der Waals surface area contributed by atoms with Gasteiger partial charge in [0.25, 0.3) is 19.5 Å². The molecule has 0 aromatic carbocycles. The molecule has 72 heavy (non-hydrogen) atoms. The highest BCUT2D eigenvalue weighted by Crippen LogP contribution is 2.32. The van der Waals surface area contributed by atoms with Crippen molar-refractivity contribution in [3.63, 3.8) is 0 Å². The van der Waals surface area contributed by atoms with Gasteiger partial charge in [-0.25, -0.2) is 49.6 Å². The Morgan fingerprint density at radius 3 is 1.42 bits per heavy atom. The van der Waals surface area contributed by atoms with Crippen molar-refractivity contribution in [2.75, 3.05) is 94.4 Å². The van der Waals surface area contributed by atoms with Crippen LogP contribution in [0.4, 0.5) is 17.5 Å². The van der Waals surface area contributed by atoms with E-state index in [4.69, 9.17) is 59.5 Å². The molecule has 3 amide bonds. The summed E-state index contributed by atoms with van der Waals surface area (Å²) in [5.41, 5.74) is 0.924. The topological polar surface area (TPSA) is 208 Å². The van der Waals surface area contributed by atoms with Crippen LogP contribution in [0, 0.1) is 58.2 Å². The minimum absolute atomic E-state index is 0.0331. The van der Waals surface area contributed by atoms with Crippen molar-refractivity contribution in [2.45, 2.75) is 78.7 Å². The molecule has 0 unspecified atom stereocenters. The highest BCUT2D eigenvalue weighted by molar-refractivity contribution is 5.90. The minimum Gasteiger partial charge on any atom is -0.354 e. The van der Waals surface area contributed by atoms with Crippen LogP contribution >= 0.6 is 0 Å². The number of carbonyl (C=O) groups excluding carboxylic acids is 3. The van der Waals surface area contributed by atoms with E-state index in [1.54, 1.807) is 13.8 Å². The third-order valence-electron chi connectivity index (χ3n) is 11.7. The van der Waals surface area contributed by atoms with Crippen LogP contribution in [-0.2, 0) is 14.4 Å². The first kappa shape index (κ1) is 25.5. The molecule has 21 heteroatoms. The number of H-pyrrole nitrogens is 3. The Labute approximate surface area is 463 Å². The molecule has 3 N–H and O–H groups in total. The van der Waals surface area contributed by atoms with E-state index in [-0.39, 0.29) is 87.9 Å². The molecular weight excluding hydrogens is 913 g/mol. The third-order valence-corrected chi connectivity index (χ3v) is 11.7. The summed E-state index contributed by atoms with van der Waals surface area (Å²) in [7, 11) is 0. The molecule has 6 aromatic heterocycles. The second-order valence-electron chi connectivity index (χ2n) is 16.5. The van der Waals surface area contributed by atoms with Crippen molar-refractivity contribution in [1.29, 1.82) is 0 Å². The van der Waals surface area contributed by atoms with E-state index in [9.17, 15) is 15.8 Å². The van der Waals surface area contributed by atoms with Crippen molar-refractivity contribution in [3.8, 4) is 0 Å². The fourth-order valence-corrected chi connectivity index (χ4v) is 8.00. The van der Waals surface area contributed by atoms with Crippen molar-refractivity contribution < 1.29 is 55.5 Å². The van der Waals surface area contributed by atoms with Crippen molar-refractivity contribution >= 4 is 68.3 Å². The third kappa shape index (κ3) is 11.5. The maximum absolute atomic E-state index is 12.7. The van der Waals surface area contributed by atoms with Crippen LogP contribution in [0.5, 0.6) is 0 Å². The first-order chi connectivity index (χ1) is 46.3. The first-order valence-electron chi connectivity index (χ1n) is 36.8. The number of carbonyl (C=O) groups is 3. The molecule has 9 heterocycles. The summed E-state index contributed by atoms with van der Waals surface area (Å²) < 4.78 is 243. The second-order valence-corrected chi connectivity index (χ2v) is 16.5. The molecule has 6 atom stereocenters. The normalized spacial score (nSPS) is 31.5. The molecule has 3 aliphatic heterocycles. The first-order valence-corrected chi connectivity index (χ1v) is 21.8. The summed E-state index contributed by atoms with van der Waals surface area (Å²) in [6, 6.07) is -6.92. The number of likely N-dealkylation sites (tertiary alicyclic amines) is 3. The van der Waals surface area contributed by atoms with Crippen molar-refractivity contribution in [3.05, 3.63) is 88.4 Å². The number of rotatable bonds is 9. The van der Waals surface area contributed by atoms with Gasteiger partial charge in [0.2, 0.25) is 0 Å². The molecule has 3 aliphatic rings. The van der Waals surface area contributed by atoms with Gasteiger partial charge in [-0.2, -0.15) is 0 Å². The van der Waals surface area contributed by atoms with Gasteiger partial charge in [-0.15, -0.1) is 0 Å². The molecule has 21 nitrogen and oxygen atoms in total. The average molecular weight is 1010 g/mol. The SMILES string of the molecule is [2H]c1nc(N(C([2H])([2H])[2H])[C@@]2([2H])CN(C(=O)C([2H])([2H])[N+]#[C-])CC[C@H]2C([2H])([2H])[2H])c2c([2H])c(C)[nH]c2n1.[2H]c1nc(N(C([2H])([2H])[2H])[C@@]2([2H])CN(C(=O)C([2H])([2H])[N+]#[C-])CC[C@H]2C)c2c([2H])c(C)[nH]c2n1.[2H]c1nc(N([C@H]2CN(C(=O)C([2H])([2H])[N+]#[C-])CC[C@@]2([2H])C([2H])([2H])[2H])C([2H])([2H])[2H])c2c([2H])c(C)[nH]c2n1. The Balaban J connectivity index is 0.000000215. The molecule has 0 saturated carbocycles. The summed E-state index contributed by atoms with van der Waals surface area (Å²) in [6.07, 6.45) is -2.55. The number of nitrogens with one attached hydrogen (secondary N) is 3. The van der Waals surface area contributed by atoms with E-state index in [2.05, 4.69) is 59.4 Å². The van der Waals surface area contributed by atoms with Crippen LogP contribution in [0.1, 0.15) is 98.1 Å². The van der Waals surface area contributed by atoms with Crippen LogP contribution < -0.4 is 14.7 Å². The quantitative estimate of drug-likeness (QED) is 0.152. The summed E-state index contributed by atoms with van der Waals surface area (Å²) >= 11 is 0. The number of aryl methyl sites for hydroxylation is 3. The maximum atomic E-state index is 12.7. The summed E-state index contributed by atoms with van der Waals surface area (Å²) in [6.45, 7) is 0.289. The molecule has 378 valence electrons. The standard InChI is InChI=1S/3C17H22N6O/c3*1-11-5-6-23(15(24)8-18-3)9-14(11)22(4)17-13-7-12(2)21-16(13)19-10-20-17/h3*7,10-11,14H,5-6,8-9H2,1-2,4H3,(H,19,20,21)/t3*11-,14+/m111/s1/i1D3,4D3,7D,8D2,10D,14D;1D3,4D3,7D,8D2,10D,11D;4D3,7D,8D2,10D,14D. The molecule has 6 aromatic rings. The summed E-state index contributed by atoms with van der Waals surface area (Å²) in [5.74, 6) is -9.83. The molecule has 0 spiro atoms. The highest BCUT2D eigenvalue weighted by atomic mass is 16.2. The molecule has 3 saturated heterocycles. The lowest BCUT2D eigenvalue weighted by atomic mass is 9.92. The lowest BCUT2D eigenvalue weighted by Crippen LogP contribution is -2.53. The Bertz CT molecular complexity index is 4380. The van der Waals surface area contributed by atoms with Crippen molar-refractivity contribution in [1.82, 2.24) is 59.6 Å². The monoisotopic (exact) mass is 1010 g/mol. The predicted molar refractivity (Wildman–Crippen MR) is 278 cm³/mol. The van der Waals surface area contributed by atoms with E-state index in [1.165, 1.54) is 13.8 Å². The molecule has 3 fully saturated rings. The van der Waals surface area contributed by atoms with Crippen LogP contribution in [0.25, 0.3) is 47.6 Å². The molecule has 0 bridgehead atoms. The molecule has 9 rings (SSSR count). The number of aromatic nitrogens is 9. The van der Waals surface area contributed by atoms with Gasteiger partial charge in [0.05, 0.1) is 41.1 Å². The average Bonchev–Trinajstić information content (AvgIpc) is 1.12. The Hall–Kier alpha value is -7.86. The zero-order valence-corrected chi connectivity index (χ0v) is 39.0. The van der Waals surface area contributed by atoms with E-state index in [0.717, 1.165) is 14.7 Å². The summed E-state index contributed by atoms with van der Waals surface area (Å²) in [5, 5.41) is -0.221. The number of hydrogen-bond acceptors (Lipinski definition) is 12. The molecular formula is C51H66N18O3. The maximum Gasteiger partial charge on any atom is 0.302 e. The number of nitrogens with zero attached hydrogens (tertiary/aromatic N) is 15. The Morgan fingerprint density at radius 1 is 0.625 bits per heavy atom. The van der Waals surface area contributed by atoms with Crippen molar-refractivity contribution in [2.24, 2.45) is 17.7 Å². The van der Waals surface area contributed by atoms with Crippen LogP contribution in [0.3, 0.4) is 0 Å². The van der Waals surface area contributed by atoms with E-state index >= 15 is 0 Å². The van der Waals surface area contributed by atoms with Crippen LogP contribution in [-0.4, -0.2) is 175 Å². The number of hydrogen-bond donors (Lipinski definition) is 3. The number of piperidine rings is 3. The fraction of sp³-hybridized carbons (Fsp3) is 0.529. The highest BCUT2D eigenvalue weighted by Gasteiger charge is 2.36. The van der Waals surface area contributed by atoms with Gasteiger partial charge in [0, 0.05) is 99.2 Å². The lowest BCUT2D eigenvalue weighted by molar-refractivity contribution is -0.131. The van der Waals surface area contributed by atoms with E-state index in [1.807, 2.05) is 0 Å². The minimum atomic E-state index is -3.23. The van der Waals surface area contributed by atoms with Gasteiger partial charge in [-0.05, 0) is 75.9 Å². The van der Waals surface area contributed by atoms with Gasteiger partial charge in [-0.1, -0.05) is 20.6 Å². The lowest BCUT2D eigenvalue weighted by Gasteiger charge is -2.41. The van der Waals surface area contributed by atoms with Crippen LogP contribution in [0.15, 0.2) is 37.0 Å². The van der Waals surface area contributed by atoms with Gasteiger partial charge in [0.1, 0.15) is 65.6 Å². The second kappa shape index (κ2) is 22.9. The number of amides is 3. The number of anilines is 3. The Morgan fingerprint density at radius 2 is 1.01 bits per heavy atom. The van der Waals surface area contributed by atoms with Gasteiger partial charge < -0.3 is 58.9 Å². The van der Waals surface area contributed by atoms with E-state index < -0.39 is 177 Å². The zero-order chi connectivity index (χ0) is 77.7. The fourth-order valence-electron chi connectivity index (χ4n) is 8.00. The largest absolute Gasteiger partial charge is 0.354 e.